The Balaban J connectivity index is 1.58. The zero-order chi connectivity index (χ0) is 17.8. The summed E-state index contributed by atoms with van der Waals surface area (Å²) in [4.78, 5) is 28.0. The molecule has 2 aliphatic heterocycles. The van der Waals surface area contributed by atoms with E-state index in [4.69, 9.17) is 10.5 Å². The lowest BCUT2D eigenvalue weighted by Crippen LogP contribution is -2.53. The molecule has 0 spiro atoms. The summed E-state index contributed by atoms with van der Waals surface area (Å²) in [5, 5.41) is 0. The van der Waals surface area contributed by atoms with Gasteiger partial charge in [0.05, 0.1) is 19.1 Å². The molecule has 2 saturated heterocycles. The van der Waals surface area contributed by atoms with E-state index in [0.717, 1.165) is 24.9 Å². The summed E-state index contributed by atoms with van der Waals surface area (Å²) in [6, 6.07) is 6.56. The maximum atomic E-state index is 13.3. The Morgan fingerprint density at radius 2 is 2.12 bits per heavy atom. The van der Waals surface area contributed by atoms with Crippen LogP contribution in [-0.2, 0) is 20.9 Å². The number of morpholine rings is 1. The molecule has 2 atom stereocenters. The molecule has 0 bridgehead atoms. The van der Waals surface area contributed by atoms with Gasteiger partial charge in [0.2, 0.25) is 11.8 Å². The van der Waals surface area contributed by atoms with Gasteiger partial charge in [0.1, 0.15) is 5.82 Å². The number of piperidine rings is 1. The quantitative estimate of drug-likeness (QED) is 0.870. The SMILES string of the molecule is NC(=O)C1CN(C(=O)C2CCCN(Cc3cccc(F)c3)C2)CCO1. The van der Waals surface area contributed by atoms with E-state index in [1.807, 2.05) is 6.07 Å². The van der Waals surface area contributed by atoms with Crippen LogP contribution in [0.4, 0.5) is 4.39 Å². The molecule has 2 unspecified atom stereocenters. The summed E-state index contributed by atoms with van der Waals surface area (Å²) in [5.41, 5.74) is 6.20. The van der Waals surface area contributed by atoms with Crippen molar-refractivity contribution >= 4 is 11.8 Å². The molecule has 1 aromatic rings. The number of primary amides is 1. The average molecular weight is 349 g/mol. The third-order valence-electron chi connectivity index (χ3n) is 4.85. The third kappa shape index (κ3) is 4.55. The molecule has 3 rings (SSSR count). The van der Waals surface area contributed by atoms with E-state index >= 15 is 0 Å². The van der Waals surface area contributed by atoms with Gasteiger partial charge in [-0.1, -0.05) is 12.1 Å². The molecule has 136 valence electrons. The minimum Gasteiger partial charge on any atom is -0.367 e. The van der Waals surface area contributed by atoms with Crippen molar-refractivity contribution < 1.29 is 18.7 Å². The Kier molecular flexibility index (Phi) is 5.65. The fourth-order valence-corrected chi connectivity index (χ4v) is 3.57. The number of likely N-dealkylation sites (tertiary alicyclic amines) is 1. The predicted molar refractivity (Wildman–Crippen MR) is 89.9 cm³/mol. The summed E-state index contributed by atoms with van der Waals surface area (Å²) in [7, 11) is 0. The first-order chi connectivity index (χ1) is 12.0. The molecule has 7 heteroatoms. The summed E-state index contributed by atoms with van der Waals surface area (Å²) >= 11 is 0. The molecule has 1 aromatic carbocycles. The van der Waals surface area contributed by atoms with Gasteiger partial charge >= 0.3 is 0 Å². The van der Waals surface area contributed by atoms with Gasteiger partial charge in [0, 0.05) is 19.6 Å². The first kappa shape index (κ1) is 17.8. The number of benzene rings is 1. The monoisotopic (exact) mass is 349 g/mol. The Hall–Kier alpha value is -1.99. The average Bonchev–Trinajstić information content (AvgIpc) is 2.61. The van der Waals surface area contributed by atoms with Crippen LogP contribution < -0.4 is 5.73 Å². The van der Waals surface area contributed by atoms with E-state index in [-0.39, 0.29) is 24.2 Å². The van der Waals surface area contributed by atoms with Gasteiger partial charge in [-0.3, -0.25) is 14.5 Å². The highest BCUT2D eigenvalue weighted by atomic mass is 19.1. The Morgan fingerprint density at radius 1 is 1.28 bits per heavy atom. The second-order valence-corrected chi connectivity index (χ2v) is 6.75. The van der Waals surface area contributed by atoms with Gasteiger partial charge in [0.25, 0.3) is 0 Å². The third-order valence-corrected chi connectivity index (χ3v) is 4.85. The van der Waals surface area contributed by atoms with E-state index in [1.165, 1.54) is 12.1 Å². The van der Waals surface area contributed by atoms with Crippen molar-refractivity contribution in [1.29, 1.82) is 0 Å². The second-order valence-electron chi connectivity index (χ2n) is 6.75. The van der Waals surface area contributed by atoms with Crippen LogP contribution in [-0.4, -0.2) is 60.5 Å². The lowest BCUT2D eigenvalue weighted by molar-refractivity contribution is -0.149. The van der Waals surface area contributed by atoms with E-state index in [1.54, 1.807) is 11.0 Å². The van der Waals surface area contributed by atoms with Crippen molar-refractivity contribution in [2.24, 2.45) is 11.7 Å². The van der Waals surface area contributed by atoms with Gasteiger partial charge in [-0.15, -0.1) is 0 Å². The fraction of sp³-hybridized carbons (Fsp3) is 0.556. The van der Waals surface area contributed by atoms with Gasteiger partial charge in [-0.2, -0.15) is 0 Å². The predicted octanol–water partition coefficient (Wildman–Crippen LogP) is 0.750. The number of hydrogen-bond acceptors (Lipinski definition) is 4. The van der Waals surface area contributed by atoms with Crippen LogP contribution in [0.2, 0.25) is 0 Å². The molecule has 0 radical (unpaired) electrons. The maximum absolute atomic E-state index is 13.3. The number of nitrogens with zero attached hydrogens (tertiary/aromatic N) is 2. The van der Waals surface area contributed by atoms with Crippen LogP contribution in [0.25, 0.3) is 0 Å². The number of nitrogens with two attached hydrogens (primary N) is 1. The largest absolute Gasteiger partial charge is 0.367 e. The molecule has 2 heterocycles. The Morgan fingerprint density at radius 3 is 2.88 bits per heavy atom. The zero-order valence-electron chi connectivity index (χ0n) is 14.2. The van der Waals surface area contributed by atoms with Gasteiger partial charge in [-0.05, 0) is 37.1 Å². The summed E-state index contributed by atoms with van der Waals surface area (Å²) in [5.74, 6) is -0.825. The highest BCUT2D eigenvalue weighted by Crippen LogP contribution is 2.22. The minimum atomic E-state index is -0.718. The Bertz CT molecular complexity index is 640. The van der Waals surface area contributed by atoms with E-state index < -0.39 is 12.0 Å². The number of carbonyl (C=O) groups excluding carboxylic acids is 2. The van der Waals surface area contributed by atoms with Crippen LogP contribution in [0.15, 0.2) is 24.3 Å². The first-order valence-corrected chi connectivity index (χ1v) is 8.69. The molecule has 2 amide bonds. The van der Waals surface area contributed by atoms with Crippen molar-refractivity contribution in [2.45, 2.75) is 25.5 Å². The highest BCUT2D eigenvalue weighted by Gasteiger charge is 2.33. The Labute approximate surface area is 146 Å². The minimum absolute atomic E-state index is 0.0542. The molecule has 0 saturated carbocycles. The number of halogens is 1. The lowest BCUT2D eigenvalue weighted by atomic mass is 9.95. The molecule has 2 fully saturated rings. The van der Waals surface area contributed by atoms with Crippen LogP contribution in [0, 0.1) is 11.7 Å². The van der Waals surface area contributed by atoms with Crippen LogP contribution >= 0.6 is 0 Å². The van der Waals surface area contributed by atoms with Crippen molar-refractivity contribution in [3.05, 3.63) is 35.6 Å². The highest BCUT2D eigenvalue weighted by molar-refractivity contribution is 5.82. The van der Waals surface area contributed by atoms with Crippen molar-refractivity contribution in [2.75, 3.05) is 32.8 Å². The second kappa shape index (κ2) is 7.93. The maximum Gasteiger partial charge on any atom is 0.248 e. The van der Waals surface area contributed by atoms with E-state index in [2.05, 4.69) is 4.90 Å². The van der Waals surface area contributed by atoms with Gasteiger partial charge < -0.3 is 15.4 Å². The molecule has 2 aliphatic rings. The van der Waals surface area contributed by atoms with Crippen LogP contribution in [0.5, 0.6) is 0 Å². The summed E-state index contributed by atoms with van der Waals surface area (Å²) in [6.45, 7) is 3.23. The van der Waals surface area contributed by atoms with Crippen molar-refractivity contribution in [3.63, 3.8) is 0 Å². The topological polar surface area (TPSA) is 75.9 Å². The standard InChI is InChI=1S/C18H24FN3O3/c19-15-5-1-3-13(9-15)10-21-6-2-4-14(11-21)18(24)22-7-8-25-16(12-22)17(20)23/h1,3,5,9,14,16H,2,4,6-8,10-12H2,(H2,20,23). The molecule has 0 aliphatic carbocycles. The number of rotatable bonds is 4. The smallest absolute Gasteiger partial charge is 0.248 e. The first-order valence-electron chi connectivity index (χ1n) is 8.69. The van der Waals surface area contributed by atoms with Crippen LogP contribution in [0.3, 0.4) is 0 Å². The van der Waals surface area contributed by atoms with Gasteiger partial charge in [0.15, 0.2) is 6.10 Å². The number of hydrogen-bond donors (Lipinski definition) is 1. The number of amides is 2. The van der Waals surface area contributed by atoms with Gasteiger partial charge in [-0.25, -0.2) is 4.39 Å². The van der Waals surface area contributed by atoms with E-state index in [9.17, 15) is 14.0 Å². The molecular formula is C18H24FN3O3. The van der Waals surface area contributed by atoms with Crippen molar-refractivity contribution in [1.82, 2.24) is 9.80 Å². The zero-order valence-corrected chi connectivity index (χ0v) is 14.2. The summed E-state index contributed by atoms with van der Waals surface area (Å²) in [6.07, 6.45) is 1.04. The van der Waals surface area contributed by atoms with E-state index in [0.29, 0.717) is 26.2 Å². The van der Waals surface area contributed by atoms with Crippen LogP contribution in [0.1, 0.15) is 18.4 Å². The summed E-state index contributed by atoms with van der Waals surface area (Å²) < 4.78 is 18.6. The molecule has 0 aromatic heterocycles. The number of ether oxygens (including phenoxy) is 1. The molecular weight excluding hydrogens is 325 g/mol. The lowest BCUT2D eigenvalue weighted by Gasteiger charge is -2.37. The number of carbonyl (C=O) groups is 2. The van der Waals surface area contributed by atoms with Crippen molar-refractivity contribution in [3.8, 4) is 0 Å². The fourth-order valence-electron chi connectivity index (χ4n) is 3.57. The molecule has 6 nitrogen and oxygen atoms in total. The molecule has 25 heavy (non-hydrogen) atoms. The normalized spacial score (nSPS) is 24.9. The molecule has 2 N–H and O–H groups in total.